The Morgan fingerprint density at radius 1 is 1.12 bits per heavy atom. The number of aromatic nitrogens is 3. The number of ether oxygens (including phenoxy) is 2. The zero-order chi connectivity index (χ0) is 22.5. The monoisotopic (exact) mass is 543 g/mol. The summed E-state index contributed by atoms with van der Waals surface area (Å²) in [5, 5.41) is 7.83. The van der Waals surface area contributed by atoms with Gasteiger partial charge in [0.15, 0.2) is 12.3 Å². The van der Waals surface area contributed by atoms with E-state index in [9.17, 15) is 4.79 Å². The minimum atomic E-state index is -0.519. The summed E-state index contributed by atoms with van der Waals surface area (Å²) in [5.74, 6) is 1.40. The lowest BCUT2D eigenvalue weighted by Crippen LogP contribution is -2.19. The number of benzene rings is 2. The fourth-order valence-corrected chi connectivity index (χ4v) is 3.43. The number of pyridine rings is 1. The van der Waals surface area contributed by atoms with E-state index in [2.05, 4.69) is 44.1 Å². The Morgan fingerprint density at radius 3 is 2.66 bits per heavy atom. The van der Waals surface area contributed by atoms with E-state index in [1.54, 1.807) is 12.1 Å². The van der Waals surface area contributed by atoms with Crippen LogP contribution in [0.5, 0.6) is 11.5 Å². The number of rotatable bonds is 9. The highest BCUT2D eigenvalue weighted by atomic mass is 127. The Kier molecular flexibility index (Phi) is 6.74. The Balaban J connectivity index is 1.56. The molecule has 0 aliphatic heterocycles. The number of halogens is 1. The highest BCUT2D eigenvalue weighted by molar-refractivity contribution is 14.1. The Bertz CT molecular complexity index is 1240. The van der Waals surface area contributed by atoms with E-state index < -0.39 is 5.91 Å². The summed E-state index contributed by atoms with van der Waals surface area (Å²) in [5.41, 5.74) is 9.65. The molecule has 0 saturated heterocycles. The van der Waals surface area contributed by atoms with Gasteiger partial charge in [-0.3, -0.25) is 4.79 Å². The predicted octanol–water partition coefficient (Wildman–Crippen LogP) is 4.13. The molecule has 0 atom stereocenters. The van der Waals surface area contributed by atoms with E-state index in [1.807, 2.05) is 53.9 Å². The summed E-state index contributed by atoms with van der Waals surface area (Å²) >= 11 is 2.30. The molecule has 0 bridgehead atoms. The van der Waals surface area contributed by atoms with Gasteiger partial charge in [0.05, 0.1) is 12.3 Å². The van der Waals surface area contributed by atoms with Gasteiger partial charge in [0.25, 0.3) is 5.91 Å². The summed E-state index contributed by atoms with van der Waals surface area (Å²) in [7, 11) is 0. The third-order valence-corrected chi connectivity index (χ3v) is 5.10. The molecule has 8 nitrogen and oxygen atoms in total. The van der Waals surface area contributed by atoms with Crippen molar-refractivity contribution < 1.29 is 14.3 Å². The molecule has 0 aliphatic carbocycles. The number of alkyl halides is 1. The first-order valence-corrected chi connectivity index (χ1v) is 11.5. The molecule has 3 N–H and O–H groups in total. The normalized spacial score (nSPS) is 10.8. The largest absolute Gasteiger partial charge is 0.493 e. The molecule has 32 heavy (non-hydrogen) atoms. The van der Waals surface area contributed by atoms with Crippen LogP contribution in [0.3, 0.4) is 0 Å². The summed E-state index contributed by atoms with van der Waals surface area (Å²) in [6.45, 7) is 2.57. The number of nitrogens with two attached hydrogens (primary N) is 1. The number of aryl methyl sites for hydroxylation is 1. The van der Waals surface area contributed by atoms with Gasteiger partial charge in [-0.1, -0.05) is 28.7 Å². The van der Waals surface area contributed by atoms with Crippen molar-refractivity contribution in [3.63, 3.8) is 0 Å². The smallest absolute Gasteiger partial charge is 0.255 e. The molecule has 0 radical (unpaired) electrons. The van der Waals surface area contributed by atoms with Crippen molar-refractivity contribution in [1.29, 1.82) is 0 Å². The molecule has 1 amide bonds. The molecule has 0 spiro atoms. The number of hydrogen-bond donors (Lipinski definition) is 2. The van der Waals surface area contributed by atoms with Gasteiger partial charge >= 0.3 is 0 Å². The van der Waals surface area contributed by atoms with Crippen LogP contribution < -0.4 is 20.5 Å². The van der Waals surface area contributed by atoms with E-state index >= 15 is 0 Å². The van der Waals surface area contributed by atoms with Crippen molar-refractivity contribution in [3.05, 3.63) is 66.2 Å². The van der Waals surface area contributed by atoms with Crippen molar-refractivity contribution in [1.82, 2.24) is 14.6 Å². The second-order valence-corrected chi connectivity index (χ2v) is 8.12. The van der Waals surface area contributed by atoms with Gasteiger partial charge in [-0.2, -0.15) is 4.98 Å². The van der Waals surface area contributed by atoms with Gasteiger partial charge in [0, 0.05) is 15.7 Å². The molecule has 2 aromatic heterocycles. The van der Waals surface area contributed by atoms with Gasteiger partial charge < -0.3 is 20.5 Å². The second kappa shape index (κ2) is 9.86. The lowest BCUT2D eigenvalue weighted by Gasteiger charge is -2.10. The van der Waals surface area contributed by atoms with Crippen LogP contribution in [-0.2, 0) is 4.79 Å². The molecule has 0 unspecified atom stereocenters. The average molecular weight is 543 g/mol. The van der Waals surface area contributed by atoms with Gasteiger partial charge in [0.2, 0.25) is 5.95 Å². The van der Waals surface area contributed by atoms with E-state index in [0.29, 0.717) is 18.3 Å². The molecule has 0 fully saturated rings. The molecule has 164 valence electrons. The van der Waals surface area contributed by atoms with Crippen LogP contribution in [0.1, 0.15) is 5.56 Å². The number of nitrogens with zero attached hydrogens (tertiary/aromatic N) is 3. The third-order valence-electron chi connectivity index (χ3n) is 4.66. The fourth-order valence-electron chi connectivity index (χ4n) is 3.21. The highest BCUT2D eigenvalue weighted by Gasteiger charge is 2.11. The van der Waals surface area contributed by atoms with Crippen molar-refractivity contribution >= 4 is 45.8 Å². The minimum Gasteiger partial charge on any atom is -0.493 e. The van der Waals surface area contributed by atoms with E-state index in [1.165, 1.54) is 0 Å². The lowest BCUT2D eigenvalue weighted by molar-refractivity contribution is -0.119. The van der Waals surface area contributed by atoms with Gasteiger partial charge in [-0.05, 0) is 67.1 Å². The first-order valence-electron chi connectivity index (χ1n) is 9.97. The molecule has 4 aromatic rings. The molecule has 4 rings (SSSR count). The second-order valence-electron chi connectivity index (χ2n) is 7.04. The quantitative estimate of drug-likeness (QED) is 0.243. The number of anilines is 2. The number of hydrogen-bond acceptors (Lipinski definition) is 6. The minimum absolute atomic E-state index is 0.158. The van der Waals surface area contributed by atoms with Crippen LogP contribution in [0.4, 0.5) is 11.6 Å². The topological polar surface area (TPSA) is 104 Å². The van der Waals surface area contributed by atoms with Crippen LogP contribution >= 0.6 is 22.6 Å². The molecule has 0 saturated carbocycles. The maximum Gasteiger partial charge on any atom is 0.255 e. The molecular weight excluding hydrogens is 521 g/mol. The van der Waals surface area contributed by atoms with Crippen LogP contribution in [0.25, 0.3) is 16.9 Å². The lowest BCUT2D eigenvalue weighted by atomic mass is 10.1. The van der Waals surface area contributed by atoms with Gasteiger partial charge in [-0.15, -0.1) is 5.10 Å². The number of carbonyl (C=O) groups is 1. The average Bonchev–Trinajstić information content (AvgIpc) is 3.20. The van der Waals surface area contributed by atoms with Gasteiger partial charge in [0.1, 0.15) is 11.5 Å². The summed E-state index contributed by atoms with van der Waals surface area (Å²) in [6, 6.07) is 19.1. The van der Waals surface area contributed by atoms with E-state index in [-0.39, 0.29) is 6.61 Å². The summed E-state index contributed by atoms with van der Waals surface area (Å²) < 4.78 is 13.8. The molecule has 9 heteroatoms. The molecule has 2 heterocycles. The first kappa shape index (κ1) is 21.9. The standard InChI is InChI=1S/C23H22IN5O3/c1-15-13-16(5-10-20(15)31-12-11-24)19-3-2-4-22-27-23(28-29(19)22)26-17-6-8-18(9-7-17)32-14-21(25)30/h2-10,13H,11-12,14H2,1H3,(H2,25,30)(H,26,28). The van der Waals surface area contributed by atoms with Crippen molar-refractivity contribution in [2.24, 2.45) is 5.73 Å². The number of fused-ring (bicyclic) bond motifs is 1. The number of carbonyl (C=O) groups excluding carboxylic acids is 1. The van der Waals surface area contributed by atoms with Crippen molar-refractivity contribution in [2.75, 3.05) is 23.0 Å². The van der Waals surface area contributed by atoms with Crippen molar-refractivity contribution in [2.45, 2.75) is 6.92 Å². The molecule has 2 aromatic carbocycles. The number of nitrogens with one attached hydrogen (secondary N) is 1. The zero-order valence-electron chi connectivity index (χ0n) is 17.4. The highest BCUT2D eigenvalue weighted by Crippen LogP contribution is 2.27. The van der Waals surface area contributed by atoms with Crippen LogP contribution in [-0.4, -0.2) is 38.1 Å². The number of amides is 1. The zero-order valence-corrected chi connectivity index (χ0v) is 19.6. The number of primary amides is 1. The SMILES string of the molecule is Cc1cc(-c2cccc3nc(Nc4ccc(OCC(N)=O)cc4)nn23)ccc1OCCI. The Hall–Kier alpha value is -3.34. The Labute approximate surface area is 198 Å². The maximum atomic E-state index is 10.8. The predicted molar refractivity (Wildman–Crippen MR) is 132 cm³/mol. The summed E-state index contributed by atoms with van der Waals surface area (Å²) in [4.78, 5) is 15.4. The van der Waals surface area contributed by atoms with E-state index in [4.69, 9.17) is 15.2 Å². The van der Waals surface area contributed by atoms with Gasteiger partial charge in [-0.25, -0.2) is 4.52 Å². The van der Waals surface area contributed by atoms with Crippen molar-refractivity contribution in [3.8, 4) is 22.8 Å². The maximum absolute atomic E-state index is 10.8. The van der Waals surface area contributed by atoms with Crippen LogP contribution in [0.15, 0.2) is 60.7 Å². The Morgan fingerprint density at radius 2 is 1.94 bits per heavy atom. The third kappa shape index (κ3) is 5.10. The van der Waals surface area contributed by atoms with Crippen LogP contribution in [0.2, 0.25) is 0 Å². The fraction of sp³-hybridized carbons (Fsp3) is 0.174. The first-order chi connectivity index (χ1) is 15.5. The van der Waals surface area contributed by atoms with Crippen LogP contribution in [0, 0.1) is 6.92 Å². The summed E-state index contributed by atoms with van der Waals surface area (Å²) in [6.07, 6.45) is 0. The molecular formula is C23H22IN5O3. The molecule has 0 aliphatic rings. The van der Waals surface area contributed by atoms with E-state index in [0.717, 1.165) is 38.3 Å².